The van der Waals surface area contributed by atoms with Gasteiger partial charge in [-0.3, -0.25) is 0 Å². The van der Waals surface area contributed by atoms with E-state index in [1.54, 1.807) is 0 Å². The standard InChI is InChI=1S/C62H51N5/c1-40-35-42-36-41(2)38-62(37-40,39-42)61-64-59(51-29-17-27-45(43-19-5-3-6-20-43)57(51)66-53-31-13-9-23-47(53)48-24-10-14-32-54(48)66)63-60(65-61)52-30-18-28-46(44-21-7-4-8-22-44)58(52)67-55-33-15-11-25-49(55)50-26-12-16-34-56(50)67/h3-34,40-42H,35-39H2,1-2H3/t40-,41+,42-,62?. The minimum atomic E-state index is -0.166. The van der Waals surface area contributed by atoms with Gasteiger partial charge in [0.05, 0.1) is 33.4 Å². The summed E-state index contributed by atoms with van der Waals surface area (Å²) in [5.41, 5.74) is 13.1. The van der Waals surface area contributed by atoms with E-state index in [0.29, 0.717) is 29.4 Å². The molecule has 0 spiro atoms. The van der Waals surface area contributed by atoms with E-state index in [9.17, 15) is 0 Å². The van der Waals surface area contributed by atoms with Crippen molar-refractivity contribution in [3.05, 3.63) is 200 Å². The number of benzene rings is 8. The third-order valence-electron chi connectivity index (χ3n) is 15.1. The summed E-state index contributed by atoms with van der Waals surface area (Å²) in [7, 11) is 0. The smallest absolute Gasteiger partial charge is 0.165 e. The summed E-state index contributed by atoms with van der Waals surface area (Å²) in [6, 6.07) is 70.2. The Morgan fingerprint density at radius 3 is 1.13 bits per heavy atom. The van der Waals surface area contributed by atoms with Crippen LogP contribution in [0.25, 0.3) is 100 Å². The summed E-state index contributed by atoms with van der Waals surface area (Å²) in [5, 5.41) is 4.87. The van der Waals surface area contributed by atoms with E-state index in [2.05, 4.69) is 217 Å². The van der Waals surface area contributed by atoms with E-state index in [1.807, 2.05) is 0 Å². The fourth-order valence-corrected chi connectivity index (χ4v) is 12.8. The van der Waals surface area contributed by atoms with Gasteiger partial charge < -0.3 is 9.13 Å². The first kappa shape index (κ1) is 39.7. The Balaban J connectivity index is 1.16. The van der Waals surface area contributed by atoms with Gasteiger partial charge in [0.15, 0.2) is 11.6 Å². The topological polar surface area (TPSA) is 48.5 Å². The highest BCUT2D eigenvalue weighted by atomic mass is 15.1. The van der Waals surface area contributed by atoms with Gasteiger partial charge in [0.2, 0.25) is 0 Å². The SMILES string of the molecule is C[C@@H]1C[C@@H]2C[C@H](C)CC(c3nc(-c4cccc(-c5ccccc5)c4-n4c5ccccc5c5ccccc54)nc(-c4cccc(-c5ccccc5)c4-n4c5ccccc5c5ccccc54)n3)(C1)C2. The van der Waals surface area contributed by atoms with Crippen molar-refractivity contribution in [1.29, 1.82) is 0 Å². The monoisotopic (exact) mass is 865 g/mol. The molecular weight excluding hydrogens is 815 g/mol. The molecule has 2 saturated carbocycles. The van der Waals surface area contributed by atoms with Crippen LogP contribution in [-0.4, -0.2) is 24.1 Å². The van der Waals surface area contributed by atoms with Crippen LogP contribution >= 0.6 is 0 Å². The Labute approximate surface area is 391 Å². The van der Waals surface area contributed by atoms with E-state index < -0.39 is 0 Å². The van der Waals surface area contributed by atoms with Gasteiger partial charge in [-0.25, -0.2) is 15.0 Å². The Bertz CT molecular complexity index is 3330. The van der Waals surface area contributed by atoms with Crippen molar-refractivity contribution in [2.24, 2.45) is 17.8 Å². The quantitative estimate of drug-likeness (QED) is 0.160. The van der Waals surface area contributed by atoms with Crippen LogP contribution in [0.5, 0.6) is 0 Å². The zero-order valence-electron chi connectivity index (χ0n) is 38.0. The molecule has 0 aliphatic heterocycles. The molecule has 5 nitrogen and oxygen atoms in total. The Morgan fingerprint density at radius 1 is 0.373 bits per heavy atom. The van der Waals surface area contributed by atoms with Crippen LogP contribution in [0.15, 0.2) is 194 Å². The molecule has 4 atom stereocenters. The zero-order valence-corrected chi connectivity index (χ0v) is 38.0. The summed E-state index contributed by atoms with van der Waals surface area (Å²) in [6.45, 7) is 4.90. The zero-order chi connectivity index (χ0) is 44.6. The van der Waals surface area contributed by atoms with Gasteiger partial charge in [-0.15, -0.1) is 0 Å². The minimum absolute atomic E-state index is 0.166. The highest BCUT2D eigenvalue weighted by Crippen LogP contribution is 2.54. The van der Waals surface area contributed by atoms with Crippen LogP contribution in [0.4, 0.5) is 0 Å². The van der Waals surface area contributed by atoms with Crippen molar-refractivity contribution in [3.63, 3.8) is 0 Å². The van der Waals surface area contributed by atoms with E-state index in [4.69, 9.17) is 15.0 Å². The molecule has 8 aromatic carbocycles. The first-order valence-corrected chi connectivity index (χ1v) is 24.1. The second kappa shape index (κ2) is 15.8. The molecule has 5 heteroatoms. The third kappa shape index (κ3) is 6.47. The number of fused-ring (bicyclic) bond motifs is 8. The molecule has 67 heavy (non-hydrogen) atoms. The summed E-state index contributed by atoms with van der Waals surface area (Å²) >= 11 is 0. The van der Waals surface area contributed by atoms with Gasteiger partial charge in [-0.2, -0.15) is 0 Å². The van der Waals surface area contributed by atoms with Crippen molar-refractivity contribution in [1.82, 2.24) is 24.1 Å². The Morgan fingerprint density at radius 2 is 0.731 bits per heavy atom. The Kier molecular flexibility index (Phi) is 9.35. The largest absolute Gasteiger partial charge is 0.308 e. The predicted octanol–water partition coefficient (Wildman–Crippen LogP) is 15.8. The lowest BCUT2D eigenvalue weighted by atomic mass is 9.56. The predicted molar refractivity (Wildman–Crippen MR) is 277 cm³/mol. The first-order chi connectivity index (χ1) is 33.0. The molecule has 3 aromatic heterocycles. The van der Waals surface area contributed by atoms with Gasteiger partial charge >= 0.3 is 0 Å². The lowest BCUT2D eigenvalue weighted by molar-refractivity contribution is 0.0720. The molecule has 2 fully saturated rings. The van der Waals surface area contributed by atoms with E-state index in [1.165, 1.54) is 34.4 Å². The summed E-state index contributed by atoms with van der Waals surface area (Å²) in [6.07, 6.45) is 5.79. The van der Waals surface area contributed by atoms with Crippen LogP contribution in [0.2, 0.25) is 0 Å². The molecule has 2 bridgehead atoms. The second-order valence-corrected chi connectivity index (χ2v) is 19.6. The molecule has 1 unspecified atom stereocenters. The maximum Gasteiger partial charge on any atom is 0.165 e. The van der Waals surface area contributed by atoms with E-state index in [0.717, 1.165) is 91.9 Å². The maximum absolute atomic E-state index is 5.83. The van der Waals surface area contributed by atoms with Crippen molar-refractivity contribution in [2.45, 2.75) is 51.4 Å². The molecule has 2 aliphatic carbocycles. The summed E-state index contributed by atoms with van der Waals surface area (Å²) in [4.78, 5) is 17.4. The molecule has 3 heterocycles. The fourth-order valence-electron chi connectivity index (χ4n) is 12.8. The maximum atomic E-state index is 5.83. The Hall–Kier alpha value is -7.63. The average molecular weight is 866 g/mol. The number of hydrogen-bond donors (Lipinski definition) is 0. The highest BCUT2D eigenvalue weighted by molar-refractivity contribution is 6.12. The molecule has 0 radical (unpaired) electrons. The summed E-state index contributed by atoms with van der Waals surface area (Å²) < 4.78 is 4.93. The molecule has 0 saturated heterocycles. The van der Waals surface area contributed by atoms with Gasteiger partial charge in [-0.1, -0.05) is 172 Å². The molecule has 2 aliphatic rings. The lowest BCUT2D eigenvalue weighted by Gasteiger charge is -2.49. The lowest BCUT2D eigenvalue weighted by Crippen LogP contribution is -2.43. The van der Waals surface area contributed by atoms with Gasteiger partial charge in [-0.05, 0) is 97.4 Å². The third-order valence-corrected chi connectivity index (χ3v) is 15.1. The van der Waals surface area contributed by atoms with Crippen LogP contribution in [0, 0.1) is 17.8 Å². The number of aromatic nitrogens is 5. The minimum Gasteiger partial charge on any atom is -0.308 e. The molecule has 0 N–H and O–H groups in total. The van der Waals surface area contributed by atoms with Crippen LogP contribution in [0.3, 0.4) is 0 Å². The fraction of sp³-hybridized carbons (Fsp3) is 0.177. The first-order valence-electron chi connectivity index (χ1n) is 24.1. The number of nitrogens with zero attached hydrogens (tertiary/aromatic N) is 5. The number of rotatable bonds is 7. The van der Waals surface area contributed by atoms with Crippen molar-refractivity contribution in [2.75, 3.05) is 0 Å². The molecule has 324 valence electrons. The second-order valence-electron chi connectivity index (χ2n) is 19.6. The van der Waals surface area contributed by atoms with Gasteiger partial charge in [0.25, 0.3) is 0 Å². The number of para-hydroxylation sites is 6. The molecule has 13 rings (SSSR count). The van der Waals surface area contributed by atoms with Crippen LogP contribution in [0.1, 0.15) is 51.8 Å². The van der Waals surface area contributed by atoms with Crippen molar-refractivity contribution < 1.29 is 0 Å². The van der Waals surface area contributed by atoms with Crippen molar-refractivity contribution >= 4 is 43.6 Å². The van der Waals surface area contributed by atoms with E-state index in [-0.39, 0.29) is 5.41 Å². The van der Waals surface area contributed by atoms with Gasteiger partial charge in [0, 0.05) is 49.2 Å². The van der Waals surface area contributed by atoms with Gasteiger partial charge in [0.1, 0.15) is 5.82 Å². The number of hydrogen-bond acceptors (Lipinski definition) is 3. The van der Waals surface area contributed by atoms with Crippen LogP contribution in [-0.2, 0) is 5.41 Å². The molecular formula is C62H51N5. The van der Waals surface area contributed by atoms with Crippen LogP contribution < -0.4 is 0 Å². The highest BCUT2D eigenvalue weighted by Gasteiger charge is 2.48. The van der Waals surface area contributed by atoms with E-state index >= 15 is 0 Å². The molecule has 11 aromatic rings. The summed E-state index contributed by atoms with van der Waals surface area (Å²) in [5.74, 6) is 4.16. The average Bonchev–Trinajstić information content (AvgIpc) is 3.88. The van der Waals surface area contributed by atoms with Crippen molar-refractivity contribution in [3.8, 4) is 56.4 Å². The molecule has 0 amide bonds. The normalized spacial score (nSPS) is 19.4.